The summed E-state index contributed by atoms with van der Waals surface area (Å²) in [5.41, 5.74) is 0.555. The maximum atomic E-state index is 10.6. The van der Waals surface area contributed by atoms with E-state index in [4.69, 9.17) is 5.11 Å². The minimum absolute atomic E-state index is 0.0270. The van der Waals surface area contributed by atoms with Crippen LogP contribution in [0.25, 0.3) is 0 Å². The average Bonchev–Trinajstić information content (AvgIpc) is 3.07. The SMILES string of the molecule is O=C(O)CCCC=C1CC2CC(O)C(C#CC3(O)CCCCC3)C2C1. The highest BCUT2D eigenvalue weighted by Crippen LogP contribution is 2.50. The van der Waals surface area contributed by atoms with Gasteiger partial charge in [0.2, 0.25) is 0 Å². The van der Waals surface area contributed by atoms with Gasteiger partial charge in [-0.25, -0.2) is 0 Å². The fourth-order valence-electron chi connectivity index (χ4n) is 4.87. The van der Waals surface area contributed by atoms with Crippen LogP contribution >= 0.6 is 0 Å². The van der Waals surface area contributed by atoms with E-state index in [1.165, 1.54) is 12.0 Å². The number of hydrogen-bond donors (Lipinski definition) is 3. The van der Waals surface area contributed by atoms with E-state index >= 15 is 0 Å². The van der Waals surface area contributed by atoms with Gasteiger partial charge in [-0.1, -0.05) is 29.9 Å². The lowest BCUT2D eigenvalue weighted by Crippen LogP contribution is -2.30. The van der Waals surface area contributed by atoms with Crippen LogP contribution in [0.1, 0.15) is 70.6 Å². The Balaban J connectivity index is 1.59. The Bertz CT molecular complexity index is 576. The Morgan fingerprint density at radius 3 is 2.72 bits per heavy atom. The van der Waals surface area contributed by atoms with Crippen LogP contribution < -0.4 is 0 Å². The van der Waals surface area contributed by atoms with Crippen molar-refractivity contribution in [2.24, 2.45) is 17.8 Å². The molecule has 0 aliphatic heterocycles. The van der Waals surface area contributed by atoms with Gasteiger partial charge in [0.25, 0.3) is 0 Å². The highest BCUT2D eigenvalue weighted by atomic mass is 16.4. The second-order valence-electron chi connectivity index (χ2n) is 8.17. The van der Waals surface area contributed by atoms with E-state index in [-0.39, 0.29) is 18.4 Å². The van der Waals surface area contributed by atoms with Crippen molar-refractivity contribution in [1.29, 1.82) is 0 Å². The Morgan fingerprint density at radius 2 is 2.00 bits per heavy atom. The summed E-state index contributed by atoms with van der Waals surface area (Å²) in [6.45, 7) is 0. The van der Waals surface area contributed by atoms with Crippen molar-refractivity contribution in [3.63, 3.8) is 0 Å². The third-order valence-electron chi connectivity index (χ3n) is 6.23. The molecule has 0 radical (unpaired) electrons. The van der Waals surface area contributed by atoms with Crippen LogP contribution in [0, 0.1) is 29.6 Å². The molecule has 138 valence electrons. The molecule has 0 bridgehead atoms. The molecule has 0 aromatic rings. The molecule has 3 aliphatic carbocycles. The lowest BCUT2D eigenvalue weighted by Gasteiger charge is -2.27. The van der Waals surface area contributed by atoms with Crippen molar-refractivity contribution in [1.82, 2.24) is 0 Å². The zero-order valence-electron chi connectivity index (χ0n) is 14.9. The standard InChI is InChI=1S/C21H30O4/c22-19-14-16-12-15(6-2-3-7-20(23)24)13-18(16)17(19)8-11-21(25)9-4-1-5-10-21/h6,16-19,22,25H,1-5,7,9-10,12-14H2,(H,23,24). The Hall–Kier alpha value is -1.31. The van der Waals surface area contributed by atoms with Crippen molar-refractivity contribution in [2.45, 2.75) is 82.3 Å². The minimum Gasteiger partial charge on any atom is -0.481 e. The molecule has 4 atom stereocenters. The monoisotopic (exact) mass is 346 g/mol. The summed E-state index contributed by atoms with van der Waals surface area (Å²) in [6.07, 6.45) is 11.1. The zero-order valence-corrected chi connectivity index (χ0v) is 14.9. The van der Waals surface area contributed by atoms with Crippen LogP contribution in [0.15, 0.2) is 11.6 Å². The molecule has 3 aliphatic rings. The first kappa shape index (κ1) is 18.5. The molecule has 25 heavy (non-hydrogen) atoms. The third kappa shape index (κ3) is 4.65. The number of rotatable bonds is 4. The largest absolute Gasteiger partial charge is 0.481 e. The fourth-order valence-corrected chi connectivity index (χ4v) is 4.87. The molecule has 3 rings (SSSR count). The molecular weight excluding hydrogens is 316 g/mol. The quantitative estimate of drug-likeness (QED) is 0.415. The van der Waals surface area contributed by atoms with Gasteiger partial charge in [0.15, 0.2) is 0 Å². The number of carbonyl (C=O) groups is 1. The van der Waals surface area contributed by atoms with Gasteiger partial charge in [0, 0.05) is 12.3 Å². The van der Waals surface area contributed by atoms with E-state index in [1.54, 1.807) is 0 Å². The molecule has 3 fully saturated rings. The Labute approximate surface area is 150 Å². The molecule has 0 amide bonds. The van der Waals surface area contributed by atoms with Gasteiger partial charge in [0.1, 0.15) is 5.60 Å². The fraction of sp³-hybridized carbons (Fsp3) is 0.762. The van der Waals surface area contributed by atoms with E-state index in [0.29, 0.717) is 18.3 Å². The number of hydrogen-bond acceptors (Lipinski definition) is 3. The molecule has 4 nitrogen and oxygen atoms in total. The summed E-state index contributed by atoms with van der Waals surface area (Å²) < 4.78 is 0. The molecule has 0 heterocycles. The first-order valence-electron chi connectivity index (χ1n) is 9.80. The molecule has 4 heteroatoms. The van der Waals surface area contributed by atoms with Gasteiger partial charge >= 0.3 is 5.97 Å². The highest BCUT2D eigenvalue weighted by molar-refractivity contribution is 5.66. The van der Waals surface area contributed by atoms with Gasteiger partial charge < -0.3 is 15.3 Å². The number of carboxylic acid groups (broad SMARTS) is 1. The Morgan fingerprint density at radius 1 is 1.24 bits per heavy atom. The molecule has 0 spiro atoms. The van der Waals surface area contributed by atoms with Crippen molar-refractivity contribution < 1.29 is 20.1 Å². The van der Waals surface area contributed by atoms with Crippen LogP contribution in [-0.4, -0.2) is 33.0 Å². The van der Waals surface area contributed by atoms with E-state index in [2.05, 4.69) is 17.9 Å². The predicted octanol–water partition coefficient (Wildman–Crippen LogP) is 3.27. The van der Waals surface area contributed by atoms with Crippen LogP contribution in [0.4, 0.5) is 0 Å². The zero-order chi connectivity index (χ0) is 17.9. The molecule has 3 saturated carbocycles. The molecule has 3 N–H and O–H groups in total. The van der Waals surface area contributed by atoms with Crippen molar-refractivity contribution >= 4 is 5.97 Å². The summed E-state index contributed by atoms with van der Waals surface area (Å²) in [6, 6.07) is 0. The lowest BCUT2D eigenvalue weighted by molar-refractivity contribution is -0.137. The van der Waals surface area contributed by atoms with Crippen LogP contribution in [0.3, 0.4) is 0 Å². The van der Waals surface area contributed by atoms with Crippen LogP contribution in [0.5, 0.6) is 0 Å². The minimum atomic E-state index is -0.843. The van der Waals surface area contributed by atoms with E-state index in [1.807, 2.05) is 0 Å². The van der Waals surface area contributed by atoms with Gasteiger partial charge in [-0.05, 0) is 69.6 Å². The van der Waals surface area contributed by atoms with Gasteiger partial charge in [-0.15, -0.1) is 0 Å². The average molecular weight is 346 g/mol. The first-order chi connectivity index (χ1) is 12.0. The normalized spacial score (nSPS) is 35.2. The maximum absolute atomic E-state index is 10.6. The van der Waals surface area contributed by atoms with Crippen LogP contribution in [-0.2, 0) is 4.79 Å². The van der Waals surface area contributed by atoms with E-state index in [9.17, 15) is 15.0 Å². The molecular formula is C21H30O4. The number of aliphatic hydroxyl groups is 2. The van der Waals surface area contributed by atoms with E-state index in [0.717, 1.165) is 51.4 Å². The van der Waals surface area contributed by atoms with Crippen molar-refractivity contribution in [2.75, 3.05) is 0 Å². The Kier molecular flexibility index (Phi) is 5.86. The summed E-state index contributed by atoms with van der Waals surface area (Å²) in [7, 11) is 0. The smallest absolute Gasteiger partial charge is 0.303 e. The number of aliphatic hydroxyl groups excluding tert-OH is 1. The molecule has 4 unspecified atom stereocenters. The molecule has 0 saturated heterocycles. The second-order valence-corrected chi connectivity index (χ2v) is 8.17. The lowest BCUT2D eigenvalue weighted by atomic mass is 9.84. The van der Waals surface area contributed by atoms with Gasteiger partial charge in [-0.3, -0.25) is 4.79 Å². The number of unbranched alkanes of at least 4 members (excludes halogenated alkanes) is 1. The third-order valence-corrected chi connectivity index (χ3v) is 6.23. The maximum Gasteiger partial charge on any atom is 0.303 e. The van der Waals surface area contributed by atoms with Crippen LogP contribution in [0.2, 0.25) is 0 Å². The molecule has 0 aromatic heterocycles. The molecule has 0 aromatic carbocycles. The predicted molar refractivity (Wildman–Crippen MR) is 95.7 cm³/mol. The summed E-state index contributed by atoms with van der Waals surface area (Å²) in [5.74, 6) is 6.50. The first-order valence-corrected chi connectivity index (χ1v) is 9.80. The summed E-state index contributed by atoms with van der Waals surface area (Å²) >= 11 is 0. The summed E-state index contributed by atoms with van der Waals surface area (Å²) in [4.78, 5) is 10.6. The number of carboxylic acids is 1. The highest BCUT2D eigenvalue weighted by Gasteiger charge is 2.45. The van der Waals surface area contributed by atoms with Gasteiger partial charge in [-0.2, -0.15) is 0 Å². The van der Waals surface area contributed by atoms with Gasteiger partial charge in [0.05, 0.1) is 6.10 Å². The van der Waals surface area contributed by atoms with Crippen molar-refractivity contribution in [3.05, 3.63) is 11.6 Å². The number of allylic oxidation sites excluding steroid dienone is 2. The summed E-state index contributed by atoms with van der Waals surface area (Å²) in [5, 5.41) is 29.7. The van der Waals surface area contributed by atoms with Crippen molar-refractivity contribution in [3.8, 4) is 11.8 Å². The number of fused-ring (bicyclic) bond motifs is 1. The number of aliphatic carboxylic acids is 1. The van der Waals surface area contributed by atoms with E-state index < -0.39 is 11.6 Å². The second kappa shape index (κ2) is 7.93. The topological polar surface area (TPSA) is 77.8 Å².